The Labute approximate surface area is 263 Å². The van der Waals surface area contributed by atoms with Crippen LogP contribution in [0.25, 0.3) is 17.0 Å². The first kappa shape index (κ1) is 31.1. The third-order valence-electron chi connectivity index (χ3n) is 9.70. The zero-order valence-electron chi connectivity index (χ0n) is 26.2. The summed E-state index contributed by atoms with van der Waals surface area (Å²) in [5, 5.41) is 3.70. The van der Waals surface area contributed by atoms with Crippen molar-refractivity contribution in [3.05, 3.63) is 35.9 Å². The molecular weight excluding hydrogens is 578 g/mol. The Hall–Kier alpha value is -3.86. The third kappa shape index (κ3) is 6.45. The molecule has 3 fully saturated rings. The van der Waals surface area contributed by atoms with Crippen LogP contribution in [0.4, 0.5) is 4.79 Å². The summed E-state index contributed by atoms with van der Waals surface area (Å²) in [4.78, 5) is 47.1. The van der Waals surface area contributed by atoms with Crippen LogP contribution in [0.3, 0.4) is 0 Å². The Kier molecular flexibility index (Phi) is 9.44. The normalized spacial score (nSPS) is 29.1. The maximum atomic E-state index is 14.5. The van der Waals surface area contributed by atoms with E-state index in [1.54, 1.807) is 6.07 Å². The number of fused-ring (bicyclic) bond motifs is 4. The molecule has 242 valence electrons. The number of alkyl carbamates (subject to hydrolysis) is 1. The summed E-state index contributed by atoms with van der Waals surface area (Å²) >= 11 is 0. The minimum atomic E-state index is -0.974. The summed E-state index contributed by atoms with van der Waals surface area (Å²) in [6.45, 7) is 2.31. The molecule has 11 nitrogen and oxygen atoms in total. The number of carbonyl (C=O) groups is 3. The van der Waals surface area contributed by atoms with Gasteiger partial charge in [0.2, 0.25) is 11.8 Å². The van der Waals surface area contributed by atoms with Gasteiger partial charge in [-0.1, -0.05) is 31.1 Å². The fourth-order valence-corrected chi connectivity index (χ4v) is 7.52. The van der Waals surface area contributed by atoms with Crippen LogP contribution in [-0.4, -0.2) is 79.2 Å². The fourth-order valence-electron chi connectivity index (χ4n) is 7.52. The molecular formula is C34H43N3O8. The molecule has 1 aromatic heterocycles. The van der Waals surface area contributed by atoms with E-state index < -0.39 is 42.4 Å². The van der Waals surface area contributed by atoms with Crippen molar-refractivity contribution in [3.8, 4) is 11.6 Å². The number of allylic oxidation sites excluding steroid dienone is 1. The zero-order valence-corrected chi connectivity index (χ0v) is 26.2. The molecule has 6 atom stereocenters. The Morgan fingerprint density at radius 1 is 1.02 bits per heavy atom. The van der Waals surface area contributed by atoms with Crippen molar-refractivity contribution in [3.63, 3.8) is 0 Å². The minimum absolute atomic E-state index is 0.0926. The van der Waals surface area contributed by atoms with Crippen molar-refractivity contribution in [2.45, 2.75) is 95.2 Å². The van der Waals surface area contributed by atoms with E-state index in [1.807, 2.05) is 25.1 Å². The van der Waals surface area contributed by atoms with Gasteiger partial charge in [-0.2, -0.15) is 0 Å². The summed E-state index contributed by atoms with van der Waals surface area (Å²) in [5.74, 6) is 0.0232. The van der Waals surface area contributed by atoms with E-state index in [0.29, 0.717) is 23.8 Å². The molecule has 2 aromatic rings. The number of nitrogens with zero attached hydrogens (tertiary/aromatic N) is 2. The lowest BCUT2D eigenvalue weighted by Crippen LogP contribution is -2.58. The molecule has 2 aliphatic carbocycles. The van der Waals surface area contributed by atoms with E-state index in [0.717, 1.165) is 62.3 Å². The number of hydrogen-bond acceptors (Lipinski definition) is 9. The lowest BCUT2D eigenvalue weighted by Gasteiger charge is -2.34. The van der Waals surface area contributed by atoms with Gasteiger partial charge in [0.1, 0.15) is 30.0 Å². The summed E-state index contributed by atoms with van der Waals surface area (Å²) in [6.07, 6.45) is 8.79. The first-order chi connectivity index (χ1) is 21.9. The van der Waals surface area contributed by atoms with Crippen molar-refractivity contribution >= 4 is 34.9 Å². The number of carbonyl (C=O) groups excluding carboxylic acids is 3. The molecule has 2 saturated carbocycles. The highest BCUT2D eigenvalue weighted by molar-refractivity contribution is 5.91. The Morgan fingerprint density at radius 3 is 2.58 bits per heavy atom. The van der Waals surface area contributed by atoms with Gasteiger partial charge in [-0.05, 0) is 75.0 Å². The van der Waals surface area contributed by atoms with E-state index >= 15 is 0 Å². The summed E-state index contributed by atoms with van der Waals surface area (Å²) in [6, 6.07) is 5.82. The number of benzene rings is 1. The van der Waals surface area contributed by atoms with Crippen LogP contribution in [0, 0.1) is 11.8 Å². The van der Waals surface area contributed by atoms with E-state index in [-0.39, 0.29) is 24.4 Å². The van der Waals surface area contributed by atoms with Crippen molar-refractivity contribution < 1.29 is 38.1 Å². The van der Waals surface area contributed by atoms with Gasteiger partial charge >= 0.3 is 12.1 Å². The Bertz CT molecular complexity index is 1440. The maximum Gasteiger partial charge on any atom is 0.408 e. The number of methoxy groups -OCH3 is 2. The molecule has 0 radical (unpaired) electrons. The molecule has 1 N–H and O–H groups in total. The maximum absolute atomic E-state index is 14.5. The molecule has 3 heterocycles. The average molecular weight is 622 g/mol. The monoisotopic (exact) mass is 621 g/mol. The van der Waals surface area contributed by atoms with Crippen LogP contribution in [0.1, 0.15) is 70.3 Å². The van der Waals surface area contributed by atoms with E-state index in [4.69, 9.17) is 23.7 Å². The molecule has 11 heteroatoms. The number of rotatable bonds is 5. The topological polar surface area (TPSA) is 126 Å². The number of esters is 1. The predicted octanol–water partition coefficient (Wildman–Crippen LogP) is 5.00. The number of ether oxygens (including phenoxy) is 5. The molecule has 2 amide bonds. The van der Waals surface area contributed by atoms with Crippen LogP contribution in [-0.2, 0) is 23.8 Å². The molecule has 6 rings (SSSR count). The SMILES string of the molecule is CCOc1cc2c3cc(ccc3n1)C=CC[C@@H]1CCC[C@H]1OC(=O)N[C@@H](C1CCCC1)C(=O)N1C(OC)[C@@H](C[C@H]1C(=O)OC)O2. The van der Waals surface area contributed by atoms with E-state index in [1.165, 1.54) is 19.1 Å². The molecule has 0 spiro atoms. The Morgan fingerprint density at radius 2 is 1.82 bits per heavy atom. The van der Waals surface area contributed by atoms with E-state index in [2.05, 4.69) is 22.5 Å². The highest BCUT2D eigenvalue weighted by atomic mass is 16.6. The second-order valence-corrected chi connectivity index (χ2v) is 12.4. The summed E-state index contributed by atoms with van der Waals surface area (Å²) in [5.41, 5.74) is 1.66. The lowest BCUT2D eigenvalue weighted by atomic mass is 9.96. The molecule has 4 bridgehead atoms. The van der Waals surface area contributed by atoms with Gasteiger partial charge in [0.05, 0.1) is 19.2 Å². The number of amides is 2. The van der Waals surface area contributed by atoms with Gasteiger partial charge in [0.15, 0.2) is 6.23 Å². The molecule has 45 heavy (non-hydrogen) atoms. The quantitative estimate of drug-likeness (QED) is 0.459. The van der Waals surface area contributed by atoms with Crippen LogP contribution in [0.5, 0.6) is 11.6 Å². The fraction of sp³-hybridized carbons (Fsp3) is 0.588. The first-order valence-electron chi connectivity index (χ1n) is 16.2. The van der Waals surface area contributed by atoms with Gasteiger partial charge in [-0.3, -0.25) is 9.69 Å². The smallest absolute Gasteiger partial charge is 0.408 e. The molecule has 1 unspecified atom stereocenters. The standard InChI is InChI=1S/C34H43N3O8/c1-4-43-29-19-27-23-17-20(15-16-24(23)35-29)9-7-12-21-13-8-14-26(21)45-34(40)36-30(22-10-5-6-11-22)31(38)37-25(33(39)42-3)18-28(44-27)32(37)41-2/h7,9,15-17,19,21-22,25-26,28,30,32H,4-6,8,10-14,18H2,1-3H3,(H,36,40)/t21-,25+,26-,28-,30+,32?/m1/s1. The third-order valence-corrected chi connectivity index (χ3v) is 9.70. The minimum Gasteiger partial charge on any atom is -0.485 e. The summed E-state index contributed by atoms with van der Waals surface area (Å²) < 4.78 is 29.4. The predicted molar refractivity (Wildman–Crippen MR) is 166 cm³/mol. The highest BCUT2D eigenvalue weighted by Gasteiger charge is 2.52. The largest absolute Gasteiger partial charge is 0.485 e. The molecule has 1 aromatic carbocycles. The van der Waals surface area contributed by atoms with Gasteiger partial charge in [0.25, 0.3) is 0 Å². The molecule has 4 aliphatic rings. The van der Waals surface area contributed by atoms with Crippen LogP contribution >= 0.6 is 0 Å². The Balaban J connectivity index is 1.45. The number of aromatic nitrogens is 1. The van der Waals surface area contributed by atoms with Crippen LogP contribution < -0.4 is 14.8 Å². The van der Waals surface area contributed by atoms with Gasteiger partial charge in [-0.15, -0.1) is 0 Å². The molecule has 2 aliphatic heterocycles. The summed E-state index contributed by atoms with van der Waals surface area (Å²) in [7, 11) is 2.78. The average Bonchev–Trinajstić information content (AvgIpc) is 3.80. The van der Waals surface area contributed by atoms with Crippen LogP contribution in [0.15, 0.2) is 30.3 Å². The van der Waals surface area contributed by atoms with Crippen LogP contribution in [0.2, 0.25) is 0 Å². The van der Waals surface area contributed by atoms with Crippen molar-refractivity contribution in [2.24, 2.45) is 11.8 Å². The zero-order chi connectivity index (χ0) is 31.5. The van der Waals surface area contributed by atoms with Crippen molar-refractivity contribution in [2.75, 3.05) is 20.8 Å². The number of pyridine rings is 1. The second-order valence-electron chi connectivity index (χ2n) is 12.4. The lowest BCUT2D eigenvalue weighted by molar-refractivity contribution is -0.161. The number of nitrogens with one attached hydrogen (secondary N) is 1. The van der Waals surface area contributed by atoms with E-state index in [9.17, 15) is 14.4 Å². The van der Waals surface area contributed by atoms with Crippen molar-refractivity contribution in [1.82, 2.24) is 15.2 Å². The second kappa shape index (κ2) is 13.6. The first-order valence-corrected chi connectivity index (χ1v) is 16.2. The highest BCUT2D eigenvalue weighted by Crippen LogP contribution is 2.38. The van der Waals surface area contributed by atoms with Gasteiger partial charge in [0, 0.05) is 25.0 Å². The molecule has 1 saturated heterocycles. The van der Waals surface area contributed by atoms with Gasteiger partial charge in [-0.25, -0.2) is 14.6 Å². The van der Waals surface area contributed by atoms with Gasteiger partial charge < -0.3 is 29.0 Å². The van der Waals surface area contributed by atoms with Crippen molar-refractivity contribution in [1.29, 1.82) is 0 Å². The number of hydrogen-bond donors (Lipinski definition) is 1.